The van der Waals surface area contributed by atoms with Crippen molar-refractivity contribution in [2.75, 3.05) is 38.5 Å². The number of carbonyl (C=O) groups excluding carboxylic acids is 1. The third kappa shape index (κ3) is 5.91. The minimum Gasteiger partial charge on any atom is -0.491 e. The number of hydrogen-bond donors (Lipinski definition) is 2. The number of nitrogens with one attached hydrogen (secondary N) is 1. The van der Waals surface area contributed by atoms with E-state index >= 15 is 0 Å². The van der Waals surface area contributed by atoms with Gasteiger partial charge >= 0.3 is 0 Å². The predicted molar refractivity (Wildman–Crippen MR) is 130 cm³/mol. The molecule has 0 atom stereocenters. The molecule has 9 heteroatoms. The molecule has 1 amide bonds. The highest BCUT2D eigenvalue weighted by Gasteiger charge is 2.18. The first-order chi connectivity index (χ1) is 15.3. The first-order valence-corrected chi connectivity index (χ1v) is 11.5. The van der Waals surface area contributed by atoms with Gasteiger partial charge in [-0.05, 0) is 64.9 Å². The zero-order valence-corrected chi connectivity index (χ0v) is 20.2. The SMILES string of the molecule is CCNC(=O)/C(C)=C/c1c(C)nc(N)nc1-c1cc(OCCN2CCCC2)c(Cl)cc1Cl. The number of likely N-dealkylation sites (tertiary alicyclic amines) is 1. The van der Waals surface area contributed by atoms with Crippen LogP contribution in [0, 0.1) is 6.92 Å². The minimum absolute atomic E-state index is 0.118. The van der Waals surface area contributed by atoms with Crippen LogP contribution >= 0.6 is 23.2 Å². The van der Waals surface area contributed by atoms with Gasteiger partial charge in [0.1, 0.15) is 12.4 Å². The van der Waals surface area contributed by atoms with Crippen LogP contribution in [0.4, 0.5) is 5.95 Å². The standard InChI is InChI=1S/C23H29Cl2N5O2/c1-4-27-22(31)14(2)11-16-15(3)28-23(26)29-21(16)17-12-20(19(25)13-18(17)24)32-10-9-30-7-5-6-8-30/h11-13H,4-10H2,1-3H3,(H,27,31)(H2,26,28,29)/b14-11+. The van der Waals surface area contributed by atoms with Crippen molar-refractivity contribution in [3.05, 3.63) is 39.0 Å². The van der Waals surface area contributed by atoms with Gasteiger partial charge in [-0.15, -0.1) is 0 Å². The number of aryl methyl sites for hydroxylation is 1. The molecule has 3 N–H and O–H groups in total. The summed E-state index contributed by atoms with van der Waals surface area (Å²) in [5.74, 6) is 0.478. The van der Waals surface area contributed by atoms with E-state index in [-0.39, 0.29) is 11.9 Å². The number of carbonyl (C=O) groups is 1. The molecule has 32 heavy (non-hydrogen) atoms. The largest absolute Gasteiger partial charge is 0.491 e. The maximum atomic E-state index is 12.3. The monoisotopic (exact) mass is 477 g/mol. The summed E-state index contributed by atoms with van der Waals surface area (Å²) < 4.78 is 5.98. The van der Waals surface area contributed by atoms with E-state index < -0.39 is 0 Å². The van der Waals surface area contributed by atoms with Crippen molar-refractivity contribution in [2.45, 2.75) is 33.6 Å². The molecule has 2 heterocycles. The fourth-order valence-corrected chi connectivity index (χ4v) is 4.20. The lowest BCUT2D eigenvalue weighted by Gasteiger charge is -2.17. The number of nitrogen functional groups attached to an aromatic ring is 1. The molecular weight excluding hydrogens is 449 g/mol. The van der Waals surface area contributed by atoms with E-state index in [2.05, 4.69) is 20.2 Å². The maximum absolute atomic E-state index is 12.3. The van der Waals surface area contributed by atoms with Crippen molar-refractivity contribution in [1.29, 1.82) is 0 Å². The number of amides is 1. The van der Waals surface area contributed by atoms with Crippen LogP contribution in [0.2, 0.25) is 10.0 Å². The number of anilines is 1. The van der Waals surface area contributed by atoms with E-state index in [1.54, 1.807) is 25.1 Å². The summed E-state index contributed by atoms with van der Waals surface area (Å²) in [6.45, 7) is 9.52. The first kappa shape index (κ1) is 24.3. The molecule has 2 aromatic rings. The Kier molecular flexibility index (Phi) is 8.34. The second-order valence-electron chi connectivity index (χ2n) is 7.78. The number of likely N-dealkylation sites (N-methyl/N-ethyl adjacent to an activating group) is 1. The van der Waals surface area contributed by atoms with Gasteiger partial charge in [0.25, 0.3) is 0 Å². The normalized spacial score (nSPS) is 14.6. The number of halogens is 2. The number of rotatable bonds is 8. The van der Waals surface area contributed by atoms with Gasteiger partial charge in [0, 0.05) is 29.8 Å². The molecule has 0 bridgehead atoms. The molecule has 1 aliphatic rings. The Morgan fingerprint density at radius 3 is 2.66 bits per heavy atom. The maximum Gasteiger partial charge on any atom is 0.246 e. The summed E-state index contributed by atoms with van der Waals surface area (Å²) in [6.07, 6.45) is 4.20. The molecule has 0 radical (unpaired) electrons. The van der Waals surface area contributed by atoms with Gasteiger partial charge in [-0.2, -0.15) is 0 Å². The minimum atomic E-state index is -0.164. The Balaban J connectivity index is 1.97. The third-order valence-electron chi connectivity index (χ3n) is 5.35. The molecule has 0 unspecified atom stereocenters. The van der Waals surface area contributed by atoms with Crippen LogP contribution in [0.5, 0.6) is 5.75 Å². The molecule has 0 saturated carbocycles. The van der Waals surface area contributed by atoms with Crippen LogP contribution in [0.1, 0.15) is 37.9 Å². The van der Waals surface area contributed by atoms with E-state index in [1.807, 2.05) is 13.8 Å². The number of aromatic nitrogens is 2. The first-order valence-electron chi connectivity index (χ1n) is 10.7. The van der Waals surface area contributed by atoms with Gasteiger partial charge < -0.3 is 15.8 Å². The molecule has 1 aromatic heterocycles. The number of nitrogens with zero attached hydrogens (tertiary/aromatic N) is 3. The topological polar surface area (TPSA) is 93.4 Å². The Labute approximate surface area is 199 Å². The average Bonchev–Trinajstić information content (AvgIpc) is 3.25. The van der Waals surface area contributed by atoms with E-state index in [0.717, 1.165) is 19.6 Å². The highest BCUT2D eigenvalue weighted by atomic mass is 35.5. The van der Waals surface area contributed by atoms with E-state index in [1.165, 1.54) is 12.8 Å². The number of hydrogen-bond acceptors (Lipinski definition) is 6. The van der Waals surface area contributed by atoms with Crippen LogP contribution in [0.15, 0.2) is 17.7 Å². The van der Waals surface area contributed by atoms with Crippen molar-refractivity contribution >= 4 is 41.1 Å². The van der Waals surface area contributed by atoms with Gasteiger partial charge in [-0.25, -0.2) is 9.97 Å². The molecule has 0 spiro atoms. The van der Waals surface area contributed by atoms with E-state index in [9.17, 15) is 4.79 Å². The molecule has 1 aromatic carbocycles. The van der Waals surface area contributed by atoms with Crippen LogP contribution in [0.3, 0.4) is 0 Å². The summed E-state index contributed by atoms with van der Waals surface area (Å²) in [5.41, 5.74) is 8.90. The van der Waals surface area contributed by atoms with Crippen molar-refractivity contribution in [2.24, 2.45) is 0 Å². The highest BCUT2D eigenvalue weighted by molar-refractivity contribution is 6.37. The average molecular weight is 478 g/mol. The lowest BCUT2D eigenvalue weighted by atomic mass is 10.0. The summed E-state index contributed by atoms with van der Waals surface area (Å²) >= 11 is 13.0. The Morgan fingerprint density at radius 2 is 1.97 bits per heavy atom. The van der Waals surface area contributed by atoms with Gasteiger partial charge in [0.2, 0.25) is 11.9 Å². The predicted octanol–water partition coefficient (Wildman–Crippen LogP) is 4.36. The number of nitrogens with two attached hydrogens (primary N) is 1. The highest BCUT2D eigenvalue weighted by Crippen LogP contribution is 2.38. The number of benzene rings is 1. The van der Waals surface area contributed by atoms with Crippen molar-refractivity contribution in [3.63, 3.8) is 0 Å². The van der Waals surface area contributed by atoms with Crippen molar-refractivity contribution in [3.8, 4) is 17.0 Å². The van der Waals surface area contributed by atoms with Gasteiger partial charge in [0.15, 0.2) is 0 Å². The van der Waals surface area contributed by atoms with Crippen LogP contribution < -0.4 is 15.8 Å². The molecule has 7 nitrogen and oxygen atoms in total. The smallest absolute Gasteiger partial charge is 0.246 e. The quantitative estimate of drug-likeness (QED) is 0.548. The Bertz CT molecular complexity index is 1020. The van der Waals surface area contributed by atoms with Crippen LogP contribution in [0.25, 0.3) is 17.3 Å². The zero-order valence-electron chi connectivity index (χ0n) is 18.7. The van der Waals surface area contributed by atoms with Gasteiger partial charge in [0.05, 0.1) is 21.4 Å². The molecule has 3 rings (SSSR count). The van der Waals surface area contributed by atoms with E-state index in [4.69, 9.17) is 33.7 Å². The lowest BCUT2D eigenvalue weighted by Crippen LogP contribution is -2.25. The summed E-state index contributed by atoms with van der Waals surface area (Å²) in [6, 6.07) is 3.41. The Morgan fingerprint density at radius 1 is 1.25 bits per heavy atom. The zero-order chi connectivity index (χ0) is 23.3. The summed E-state index contributed by atoms with van der Waals surface area (Å²) in [4.78, 5) is 23.3. The second-order valence-corrected chi connectivity index (χ2v) is 8.59. The Hall–Kier alpha value is -2.35. The summed E-state index contributed by atoms with van der Waals surface area (Å²) in [7, 11) is 0. The molecule has 1 fully saturated rings. The molecule has 0 aliphatic carbocycles. The fraction of sp³-hybridized carbons (Fsp3) is 0.435. The van der Waals surface area contributed by atoms with Crippen molar-refractivity contribution < 1.29 is 9.53 Å². The molecule has 1 saturated heterocycles. The van der Waals surface area contributed by atoms with Crippen molar-refractivity contribution in [1.82, 2.24) is 20.2 Å². The lowest BCUT2D eigenvalue weighted by molar-refractivity contribution is -0.117. The molecule has 172 valence electrons. The van der Waals surface area contributed by atoms with E-state index in [0.29, 0.717) is 57.0 Å². The van der Waals surface area contributed by atoms with Crippen LogP contribution in [-0.4, -0.2) is 53.6 Å². The summed E-state index contributed by atoms with van der Waals surface area (Å²) in [5, 5.41) is 3.62. The van der Waals surface area contributed by atoms with Crippen LogP contribution in [-0.2, 0) is 4.79 Å². The fourth-order valence-electron chi connectivity index (χ4n) is 3.68. The molecular formula is C23H29Cl2N5O2. The molecule has 1 aliphatic heterocycles. The second kappa shape index (κ2) is 11.0. The number of ether oxygens (including phenoxy) is 1. The van der Waals surface area contributed by atoms with Gasteiger partial charge in [-0.1, -0.05) is 23.2 Å². The van der Waals surface area contributed by atoms with Gasteiger partial charge in [-0.3, -0.25) is 9.69 Å². The third-order valence-corrected chi connectivity index (χ3v) is 5.96.